The predicted molar refractivity (Wildman–Crippen MR) is 31.2 cm³/mol. The van der Waals surface area contributed by atoms with E-state index in [1.165, 1.54) is 0 Å². The van der Waals surface area contributed by atoms with E-state index in [-0.39, 0.29) is 6.26 Å². The van der Waals surface area contributed by atoms with Gasteiger partial charge in [0.15, 0.2) is 0 Å². The lowest BCUT2D eigenvalue weighted by Crippen LogP contribution is -2.12. The number of hydrogen-bond acceptors (Lipinski definition) is 3. The molecule has 0 aromatic carbocycles. The maximum absolute atomic E-state index is 12.0. The summed E-state index contributed by atoms with van der Waals surface area (Å²) >= 11 is 0. The standard InChI is InChI=1S/C4H3F5O3S/c1-13(10,11)12-3(6)2(5)4(7,8)9/h1H3. The highest BCUT2D eigenvalue weighted by Crippen LogP contribution is 2.30. The van der Waals surface area contributed by atoms with Crippen LogP contribution in [0.3, 0.4) is 0 Å². The van der Waals surface area contributed by atoms with E-state index >= 15 is 0 Å². The first-order valence-electron chi connectivity index (χ1n) is 2.56. The molecule has 0 spiro atoms. The van der Waals surface area contributed by atoms with Gasteiger partial charge < -0.3 is 4.18 Å². The van der Waals surface area contributed by atoms with Crippen LogP contribution in [0, 0.1) is 0 Å². The topological polar surface area (TPSA) is 43.4 Å². The molecule has 0 aliphatic carbocycles. The van der Waals surface area contributed by atoms with Crippen LogP contribution in [-0.2, 0) is 14.3 Å². The summed E-state index contributed by atoms with van der Waals surface area (Å²) in [4.78, 5) is 0. The Hall–Kier alpha value is -0.860. The van der Waals surface area contributed by atoms with Gasteiger partial charge in [-0.25, -0.2) is 0 Å². The molecule has 13 heavy (non-hydrogen) atoms. The summed E-state index contributed by atoms with van der Waals surface area (Å²) in [6.07, 6.45) is -5.33. The number of alkyl halides is 3. The molecule has 0 amide bonds. The molecule has 0 aromatic rings. The third-order valence-corrected chi connectivity index (χ3v) is 1.10. The Labute approximate surface area is 69.9 Å². The molecule has 0 radical (unpaired) electrons. The number of hydrogen-bond donors (Lipinski definition) is 0. The van der Waals surface area contributed by atoms with Crippen molar-refractivity contribution in [3.63, 3.8) is 0 Å². The summed E-state index contributed by atoms with van der Waals surface area (Å²) in [5.74, 6) is -3.22. The second kappa shape index (κ2) is 3.48. The van der Waals surface area contributed by atoms with E-state index in [9.17, 15) is 30.4 Å². The maximum atomic E-state index is 12.0. The summed E-state index contributed by atoms with van der Waals surface area (Å²) in [6, 6.07) is -2.82. The lowest BCUT2D eigenvalue weighted by molar-refractivity contribution is -0.114. The van der Waals surface area contributed by atoms with Gasteiger partial charge in [-0.1, -0.05) is 0 Å². The van der Waals surface area contributed by atoms with Gasteiger partial charge in [-0.15, -0.1) is 0 Å². The first kappa shape index (κ1) is 12.1. The average Bonchev–Trinajstić information content (AvgIpc) is 1.79. The average molecular weight is 226 g/mol. The first-order chi connectivity index (χ1) is 5.54. The molecule has 9 heteroatoms. The van der Waals surface area contributed by atoms with Gasteiger partial charge in [0.1, 0.15) is 0 Å². The fourth-order valence-corrected chi connectivity index (χ4v) is 0.620. The van der Waals surface area contributed by atoms with Gasteiger partial charge in [0.2, 0.25) is 0 Å². The predicted octanol–water partition coefficient (Wildman–Crippen LogP) is 1.63. The Morgan fingerprint density at radius 3 is 1.85 bits per heavy atom. The van der Waals surface area contributed by atoms with Gasteiger partial charge in [-0.3, -0.25) is 0 Å². The second-order valence-corrected chi connectivity index (χ2v) is 3.45. The largest absolute Gasteiger partial charge is 0.449 e. The fourth-order valence-electron chi connectivity index (χ4n) is 0.281. The van der Waals surface area contributed by atoms with Crippen LogP contribution in [0.25, 0.3) is 0 Å². The fraction of sp³-hybridized carbons (Fsp3) is 0.500. The van der Waals surface area contributed by atoms with Crippen molar-refractivity contribution in [2.75, 3.05) is 6.26 Å². The molecule has 0 N–H and O–H groups in total. The van der Waals surface area contributed by atoms with Crippen molar-refractivity contribution in [3.05, 3.63) is 11.8 Å². The number of allylic oxidation sites excluding steroid dienone is 1. The van der Waals surface area contributed by atoms with E-state index in [4.69, 9.17) is 0 Å². The monoisotopic (exact) mass is 226 g/mol. The SMILES string of the molecule is CS(=O)(=O)OC(F)=C(F)C(F)(F)F. The van der Waals surface area contributed by atoms with Crippen LogP contribution < -0.4 is 0 Å². The quantitative estimate of drug-likeness (QED) is 0.408. The zero-order chi connectivity index (χ0) is 10.9. The molecule has 0 fully saturated rings. The Morgan fingerprint density at radius 2 is 1.62 bits per heavy atom. The van der Waals surface area contributed by atoms with E-state index in [0.29, 0.717) is 0 Å². The van der Waals surface area contributed by atoms with Crippen LogP contribution in [0.15, 0.2) is 11.8 Å². The lowest BCUT2D eigenvalue weighted by atomic mass is 10.6. The zero-order valence-corrected chi connectivity index (χ0v) is 6.84. The van der Waals surface area contributed by atoms with Gasteiger partial charge >= 0.3 is 22.3 Å². The molecule has 0 saturated heterocycles. The van der Waals surface area contributed by atoms with Crippen LogP contribution in [-0.4, -0.2) is 20.8 Å². The molecule has 0 heterocycles. The molecule has 0 rings (SSSR count). The van der Waals surface area contributed by atoms with Crippen LogP contribution >= 0.6 is 0 Å². The summed E-state index contributed by atoms with van der Waals surface area (Å²) in [7, 11) is -4.50. The van der Waals surface area contributed by atoms with Crippen LogP contribution in [0.1, 0.15) is 0 Å². The maximum Gasteiger partial charge on any atom is 0.449 e. The zero-order valence-electron chi connectivity index (χ0n) is 6.02. The van der Waals surface area contributed by atoms with E-state index in [0.717, 1.165) is 0 Å². The molecular formula is C4H3F5O3S. The van der Waals surface area contributed by atoms with Crippen molar-refractivity contribution in [2.45, 2.75) is 6.18 Å². The van der Waals surface area contributed by atoms with Gasteiger partial charge in [0, 0.05) is 0 Å². The molecule has 0 saturated carbocycles. The number of halogens is 5. The Bertz CT molecular complexity index is 313. The van der Waals surface area contributed by atoms with Gasteiger partial charge in [-0.05, 0) is 0 Å². The first-order valence-corrected chi connectivity index (χ1v) is 4.37. The van der Waals surface area contributed by atoms with E-state index in [1.807, 2.05) is 0 Å². The van der Waals surface area contributed by atoms with E-state index < -0.39 is 28.1 Å². The Kier molecular flexibility index (Phi) is 3.25. The molecule has 0 atom stereocenters. The second-order valence-electron chi connectivity index (χ2n) is 1.87. The summed E-state index contributed by atoms with van der Waals surface area (Å²) in [6.45, 7) is 0. The van der Waals surface area contributed by atoms with Gasteiger partial charge in [0.05, 0.1) is 6.26 Å². The minimum Gasteiger partial charge on any atom is -0.349 e. The third kappa shape index (κ3) is 4.65. The van der Waals surface area contributed by atoms with Crippen molar-refractivity contribution in [1.29, 1.82) is 0 Å². The lowest BCUT2D eigenvalue weighted by Gasteiger charge is -2.04. The third-order valence-electron chi connectivity index (χ3n) is 0.646. The smallest absolute Gasteiger partial charge is 0.349 e. The molecule has 0 aliphatic rings. The Morgan fingerprint density at radius 1 is 1.23 bits per heavy atom. The van der Waals surface area contributed by atoms with Crippen molar-refractivity contribution in [3.8, 4) is 0 Å². The molecule has 78 valence electrons. The van der Waals surface area contributed by atoms with Crippen molar-refractivity contribution < 1.29 is 34.6 Å². The molecule has 3 nitrogen and oxygen atoms in total. The van der Waals surface area contributed by atoms with Crippen LogP contribution in [0.2, 0.25) is 0 Å². The van der Waals surface area contributed by atoms with Crippen molar-refractivity contribution in [2.24, 2.45) is 0 Å². The van der Waals surface area contributed by atoms with Crippen LogP contribution in [0.4, 0.5) is 22.0 Å². The highest BCUT2D eigenvalue weighted by atomic mass is 32.2. The Balaban J connectivity index is 4.86. The summed E-state index contributed by atoms with van der Waals surface area (Å²) in [5.41, 5.74) is 0. The minimum absolute atomic E-state index is 0.274. The molecule has 0 unspecified atom stereocenters. The molecular weight excluding hydrogens is 223 g/mol. The van der Waals surface area contributed by atoms with Gasteiger partial charge in [0.25, 0.3) is 5.83 Å². The summed E-state index contributed by atoms with van der Waals surface area (Å²) < 4.78 is 80.9. The highest BCUT2D eigenvalue weighted by Gasteiger charge is 2.40. The van der Waals surface area contributed by atoms with E-state index in [2.05, 4.69) is 4.18 Å². The van der Waals surface area contributed by atoms with Crippen molar-refractivity contribution in [1.82, 2.24) is 0 Å². The minimum atomic E-state index is -5.60. The number of rotatable bonds is 2. The summed E-state index contributed by atoms with van der Waals surface area (Å²) in [5, 5.41) is 0. The van der Waals surface area contributed by atoms with Crippen molar-refractivity contribution >= 4 is 10.1 Å². The molecule has 0 aromatic heterocycles. The van der Waals surface area contributed by atoms with E-state index in [1.54, 1.807) is 0 Å². The van der Waals surface area contributed by atoms with Gasteiger partial charge in [-0.2, -0.15) is 30.4 Å². The normalized spacial score (nSPS) is 15.2. The van der Waals surface area contributed by atoms with Crippen LogP contribution in [0.5, 0.6) is 0 Å². The molecule has 0 aliphatic heterocycles. The molecule has 0 bridgehead atoms. The highest BCUT2D eigenvalue weighted by molar-refractivity contribution is 7.86.